The van der Waals surface area contributed by atoms with Gasteiger partial charge in [0, 0.05) is 21.9 Å². The van der Waals surface area contributed by atoms with Gasteiger partial charge in [-0.05, 0) is 48.4 Å². The van der Waals surface area contributed by atoms with Crippen LogP contribution in [0, 0.1) is 5.92 Å². The lowest BCUT2D eigenvalue weighted by atomic mass is 10.3. The second-order valence-corrected chi connectivity index (χ2v) is 10.5. The fourth-order valence-corrected chi connectivity index (χ4v) is 5.29. The van der Waals surface area contributed by atoms with Gasteiger partial charge in [-0.2, -0.15) is 0 Å². The van der Waals surface area contributed by atoms with Crippen LogP contribution >= 0.6 is 23.4 Å². The topological polar surface area (TPSA) is 72.5 Å². The van der Waals surface area contributed by atoms with Gasteiger partial charge in [0.25, 0.3) is 0 Å². The van der Waals surface area contributed by atoms with Crippen molar-refractivity contribution in [3.63, 3.8) is 0 Å². The van der Waals surface area contributed by atoms with Crippen molar-refractivity contribution < 1.29 is 17.9 Å². The van der Waals surface area contributed by atoms with E-state index in [4.69, 9.17) is 16.3 Å². The van der Waals surface area contributed by atoms with Gasteiger partial charge in [0.2, 0.25) is 5.91 Å². The quantitative estimate of drug-likeness (QED) is 0.599. The standard InChI is InChI=1S/C20H24ClNO4S2/c1-14(2)13-28(24,25)11-10-20(23)22-15-4-9-19(18(21)12-15)27-17-7-5-16(26-3)6-8-17/h4-9,12,14H,10-11,13H2,1-3H3,(H,22,23). The highest BCUT2D eigenvalue weighted by atomic mass is 35.5. The average Bonchev–Trinajstić information content (AvgIpc) is 2.62. The molecule has 2 aromatic rings. The van der Waals surface area contributed by atoms with Crippen molar-refractivity contribution in [1.82, 2.24) is 0 Å². The van der Waals surface area contributed by atoms with E-state index in [0.29, 0.717) is 10.7 Å². The summed E-state index contributed by atoms with van der Waals surface area (Å²) < 4.78 is 28.9. The van der Waals surface area contributed by atoms with Crippen LogP contribution < -0.4 is 10.1 Å². The smallest absolute Gasteiger partial charge is 0.225 e. The summed E-state index contributed by atoms with van der Waals surface area (Å²) in [6.07, 6.45) is -0.0744. The number of hydrogen-bond acceptors (Lipinski definition) is 5. The lowest BCUT2D eigenvalue weighted by molar-refractivity contribution is -0.115. The molecule has 5 nitrogen and oxygen atoms in total. The van der Waals surface area contributed by atoms with E-state index >= 15 is 0 Å². The Morgan fingerprint density at radius 3 is 2.43 bits per heavy atom. The summed E-state index contributed by atoms with van der Waals surface area (Å²) in [6.45, 7) is 3.68. The predicted octanol–water partition coefficient (Wildman–Crippen LogP) is 4.90. The molecule has 0 bridgehead atoms. The van der Waals surface area contributed by atoms with Gasteiger partial charge in [0.15, 0.2) is 9.84 Å². The van der Waals surface area contributed by atoms with Crippen molar-refractivity contribution in [2.24, 2.45) is 5.92 Å². The van der Waals surface area contributed by atoms with Crippen LogP contribution in [0.2, 0.25) is 5.02 Å². The van der Waals surface area contributed by atoms with Gasteiger partial charge in [-0.25, -0.2) is 8.42 Å². The van der Waals surface area contributed by atoms with Gasteiger partial charge in [-0.3, -0.25) is 4.79 Å². The molecule has 0 saturated carbocycles. The van der Waals surface area contributed by atoms with Crippen molar-refractivity contribution >= 4 is 44.8 Å². The number of anilines is 1. The zero-order chi connectivity index (χ0) is 20.7. The summed E-state index contributed by atoms with van der Waals surface area (Å²) in [7, 11) is -1.61. The first-order chi connectivity index (χ1) is 13.2. The largest absolute Gasteiger partial charge is 0.497 e. The molecule has 2 aromatic carbocycles. The molecular formula is C20H24ClNO4S2. The minimum atomic E-state index is -3.22. The fraction of sp³-hybridized carbons (Fsp3) is 0.350. The molecule has 0 fully saturated rings. The van der Waals surface area contributed by atoms with Gasteiger partial charge in [0.05, 0.1) is 23.6 Å². The highest BCUT2D eigenvalue weighted by Crippen LogP contribution is 2.35. The average molecular weight is 442 g/mol. The number of hydrogen-bond donors (Lipinski definition) is 1. The number of methoxy groups -OCH3 is 1. The summed E-state index contributed by atoms with van der Waals surface area (Å²) in [5.41, 5.74) is 0.537. The monoisotopic (exact) mass is 441 g/mol. The van der Waals surface area contributed by atoms with E-state index < -0.39 is 9.84 Å². The lowest BCUT2D eigenvalue weighted by Gasteiger charge is -2.10. The number of carbonyl (C=O) groups excluding carboxylic acids is 1. The molecule has 8 heteroatoms. The molecule has 2 rings (SSSR count). The van der Waals surface area contributed by atoms with Crippen LogP contribution in [0.15, 0.2) is 52.3 Å². The normalized spacial score (nSPS) is 11.5. The number of amides is 1. The number of nitrogens with one attached hydrogen (secondary N) is 1. The van der Waals surface area contributed by atoms with Crippen molar-refractivity contribution in [2.45, 2.75) is 30.1 Å². The van der Waals surface area contributed by atoms with E-state index in [2.05, 4.69) is 5.32 Å². The molecule has 0 aliphatic heterocycles. The minimum Gasteiger partial charge on any atom is -0.497 e. The van der Waals surface area contributed by atoms with Gasteiger partial charge >= 0.3 is 0 Å². The van der Waals surface area contributed by atoms with Crippen LogP contribution in [-0.4, -0.2) is 32.9 Å². The Kier molecular flexibility index (Phi) is 8.22. The van der Waals surface area contributed by atoms with E-state index in [1.807, 2.05) is 44.2 Å². The van der Waals surface area contributed by atoms with Crippen molar-refractivity contribution in [3.05, 3.63) is 47.5 Å². The van der Waals surface area contributed by atoms with Crippen LogP contribution in [0.4, 0.5) is 5.69 Å². The highest BCUT2D eigenvalue weighted by Gasteiger charge is 2.16. The van der Waals surface area contributed by atoms with Crippen LogP contribution in [0.1, 0.15) is 20.3 Å². The van der Waals surface area contributed by atoms with Gasteiger partial charge < -0.3 is 10.1 Å². The molecule has 0 heterocycles. The van der Waals surface area contributed by atoms with Crippen molar-refractivity contribution in [1.29, 1.82) is 0 Å². The molecule has 0 spiro atoms. The molecule has 28 heavy (non-hydrogen) atoms. The predicted molar refractivity (Wildman–Crippen MR) is 115 cm³/mol. The number of carbonyl (C=O) groups is 1. The first-order valence-electron chi connectivity index (χ1n) is 8.80. The molecule has 0 radical (unpaired) electrons. The lowest BCUT2D eigenvalue weighted by Crippen LogP contribution is -2.20. The van der Waals surface area contributed by atoms with Crippen molar-refractivity contribution in [2.75, 3.05) is 23.9 Å². The highest BCUT2D eigenvalue weighted by molar-refractivity contribution is 7.99. The number of halogens is 1. The second-order valence-electron chi connectivity index (χ2n) is 6.73. The summed E-state index contributed by atoms with van der Waals surface area (Å²) in [5.74, 6) is 0.407. The van der Waals surface area contributed by atoms with Gasteiger partial charge in [0.1, 0.15) is 5.75 Å². The third-order valence-corrected chi connectivity index (χ3v) is 7.24. The third kappa shape index (κ3) is 7.37. The van der Waals surface area contributed by atoms with E-state index in [-0.39, 0.29) is 29.8 Å². The summed E-state index contributed by atoms with van der Waals surface area (Å²) in [4.78, 5) is 13.9. The molecule has 152 valence electrons. The molecule has 0 aliphatic carbocycles. The summed E-state index contributed by atoms with van der Waals surface area (Å²) in [5, 5.41) is 3.21. The maximum Gasteiger partial charge on any atom is 0.225 e. The Labute approximate surface area is 175 Å². The second kappa shape index (κ2) is 10.2. The third-order valence-electron chi connectivity index (χ3n) is 3.73. The van der Waals surface area contributed by atoms with Crippen LogP contribution in [-0.2, 0) is 14.6 Å². The first kappa shape index (κ1) is 22.6. The van der Waals surface area contributed by atoms with Gasteiger partial charge in [-0.1, -0.05) is 37.2 Å². The Hall–Kier alpha value is -1.70. The number of ether oxygens (including phenoxy) is 1. The SMILES string of the molecule is COc1ccc(Sc2ccc(NC(=O)CCS(=O)(=O)CC(C)C)cc2Cl)cc1. The molecule has 1 N–H and O–H groups in total. The maximum atomic E-state index is 12.1. The van der Waals surface area contributed by atoms with Crippen LogP contribution in [0.3, 0.4) is 0 Å². The van der Waals surface area contributed by atoms with Gasteiger partial charge in [-0.15, -0.1) is 0 Å². The first-order valence-corrected chi connectivity index (χ1v) is 11.8. The number of benzene rings is 2. The Morgan fingerprint density at radius 1 is 1.18 bits per heavy atom. The molecule has 1 amide bonds. The Morgan fingerprint density at radius 2 is 1.86 bits per heavy atom. The molecule has 0 aliphatic rings. The van der Waals surface area contributed by atoms with E-state index in [9.17, 15) is 13.2 Å². The number of rotatable bonds is 9. The maximum absolute atomic E-state index is 12.1. The Bertz CT molecular complexity index is 912. The molecule has 0 aromatic heterocycles. The van der Waals surface area contributed by atoms with E-state index in [1.54, 1.807) is 19.2 Å². The van der Waals surface area contributed by atoms with E-state index in [1.165, 1.54) is 11.8 Å². The van der Waals surface area contributed by atoms with E-state index in [0.717, 1.165) is 15.5 Å². The zero-order valence-corrected chi connectivity index (χ0v) is 18.5. The molecule has 0 saturated heterocycles. The Balaban J connectivity index is 1.94. The summed E-state index contributed by atoms with van der Waals surface area (Å²) >= 11 is 7.84. The molecular weight excluding hydrogens is 418 g/mol. The van der Waals surface area contributed by atoms with Crippen LogP contribution in [0.5, 0.6) is 5.75 Å². The fourth-order valence-electron chi connectivity index (χ4n) is 2.49. The summed E-state index contributed by atoms with van der Waals surface area (Å²) in [6, 6.07) is 12.9. The number of sulfone groups is 1. The zero-order valence-electron chi connectivity index (χ0n) is 16.1. The molecule has 0 unspecified atom stereocenters. The molecule has 0 atom stereocenters. The van der Waals surface area contributed by atoms with Crippen LogP contribution in [0.25, 0.3) is 0 Å². The van der Waals surface area contributed by atoms with Crippen molar-refractivity contribution in [3.8, 4) is 5.75 Å². The minimum absolute atomic E-state index is 0.0441.